The Labute approximate surface area is 155 Å². The van der Waals surface area contributed by atoms with Crippen LogP contribution in [0.15, 0.2) is 4.99 Å². The topological polar surface area (TPSA) is 52.1 Å². The Bertz CT molecular complexity index is 373. The molecule has 0 amide bonds. The van der Waals surface area contributed by atoms with Crippen molar-refractivity contribution in [3.8, 4) is 0 Å². The van der Waals surface area contributed by atoms with Gasteiger partial charge in [0.2, 0.25) is 0 Å². The Balaban J connectivity index is 2.13. The van der Waals surface area contributed by atoms with Gasteiger partial charge in [0.25, 0.3) is 0 Å². The van der Waals surface area contributed by atoms with Crippen molar-refractivity contribution in [1.82, 2.24) is 20.4 Å². The average Bonchev–Trinajstić information content (AvgIpc) is 2.59. The van der Waals surface area contributed by atoms with Crippen LogP contribution in [0, 0.1) is 5.41 Å². The lowest BCUT2D eigenvalue weighted by Gasteiger charge is -2.34. The van der Waals surface area contributed by atoms with Crippen LogP contribution in [0.4, 0.5) is 0 Å². The van der Waals surface area contributed by atoms with Crippen LogP contribution in [-0.4, -0.2) is 88.4 Å². The largest absolute Gasteiger partial charge is 0.379 e. The average molecular weight is 356 g/mol. The minimum absolute atomic E-state index is 0.113. The maximum absolute atomic E-state index is 5.58. The highest BCUT2D eigenvalue weighted by atomic mass is 16.5. The van der Waals surface area contributed by atoms with Gasteiger partial charge in [0, 0.05) is 53.4 Å². The summed E-state index contributed by atoms with van der Waals surface area (Å²) in [6.07, 6.45) is 2.56. The Hall–Kier alpha value is -0.850. The zero-order valence-electron chi connectivity index (χ0n) is 17.4. The van der Waals surface area contributed by atoms with Crippen LogP contribution >= 0.6 is 0 Å². The lowest BCUT2D eigenvalue weighted by Crippen LogP contribution is -2.46. The molecule has 0 bridgehead atoms. The summed E-state index contributed by atoms with van der Waals surface area (Å²) in [4.78, 5) is 9.42. The lowest BCUT2D eigenvalue weighted by atomic mass is 9.89. The van der Waals surface area contributed by atoms with E-state index in [1.165, 1.54) is 52.1 Å². The molecular formula is C19H41N5O. The maximum atomic E-state index is 5.58. The first kappa shape index (κ1) is 22.2. The molecule has 148 valence electrons. The van der Waals surface area contributed by atoms with Crippen LogP contribution in [0.25, 0.3) is 0 Å². The third-order valence-electron chi connectivity index (χ3n) is 5.03. The number of guanidine groups is 1. The van der Waals surface area contributed by atoms with Gasteiger partial charge in [-0.3, -0.25) is 4.99 Å². The second kappa shape index (κ2) is 11.7. The van der Waals surface area contributed by atoms with E-state index in [9.17, 15) is 0 Å². The summed E-state index contributed by atoms with van der Waals surface area (Å²) in [6.45, 7) is 17.8. The number of rotatable bonds is 9. The molecule has 1 rings (SSSR count). The molecule has 0 aliphatic carbocycles. The highest BCUT2D eigenvalue weighted by Gasteiger charge is 2.24. The number of likely N-dealkylation sites (N-methyl/N-ethyl adjacent to an activating group) is 1. The third-order valence-corrected chi connectivity index (χ3v) is 5.03. The summed E-state index contributed by atoms with van der Waals surface area (Å²) in [7, 11) is 3.59. The SMILES string of the molecule is CCN1CCN(CCCCNC(=NC)NCC(OC)C(C)(C)C)CC1. The number of ether oxygens (including phenoxy) is 1. The van der Waals surface area contributed by atoms with Gasteiger partial charge < -0.3 is 25.2 Å². The fraction of sp³-hybridized carbons (Fsp3) is 0.947. The molecule has 1 heterocycles. The smallest absolute Gasteiger partial charge is 0.191 e. The van der Waals surface area contributed by atoms with Gasteiger partial charge in [-0.1, -0.05) is 27.7 Å². The molecule has 1 unspecified atom stereocenters. The van der Waals surface area contributed by atoms with Gasteiger partial charge in [-0.15, -0.1) is 0 Å². The van der Waals surface area contributed by atoms with Crippen LogP contribution in [0.2, 0.25) is 0 Å². The molecular weight excluding hydrogens is 314 g/mol. The molecule has 0 aromatic carbocycles. The normalized spacial score (nSPS) is 19.0. The van der Waals surface area contributed by atoms with Gasteiger partial charge in [-0.2, -0.15) is 0 Å². The second-order valence-corrected chi connectivity index (χ2v) is 7.95. The van der Waals surface area contributed by atoms with Crippen LogP contribution in [-0.2, 0) is 4.74 Å². The van der Waals surface area contributed by atoms with E-state index in [0.717, 1.165) is 19.0 Å². The van der Waals surface area contributed by atoms with Crippen molar-refractivity contribution in [2.24, 2.45) is 10.4 Å². The molecule has 0 spiro atoms. The van der Waals surface area contributed by atoms with E-state index in [0.29, 0.717) is 0 Å². The quantitative estimate of drug-likeness (QED) is 0.374. The minimum Gasteiger partial charge on any atom is -0.379 e. The predicted molar refractivity (Wildman–Crippen MR) is 107 cm³/mol. The van der Waals surface area contributed by atoms with Crippen molar-refractivity contribution in [1.29, 1.82) is 0 Å². The van der Waals surface area contributed by atoms with E-state index in [1.54, 1.807) is 7.11 Å². The number of hydrogen-bond acceptors (Lipinski definition) is 4. The van der Waals surface area contributed by atoms with Gasteiger partial charge in [0.1, 0.15) is 0 Å². The summed E-state index contributed by atoms with van der Waals surface area (Å²) < 4.78 is 5.58. The van der Waals surface area contributed by atoms with E-state index in [4.69, 9.17) is 4.74 Å². The Morgan fingerprint density at radius 1 is 1.08 bits per heavy atom. The van der Waals surface area contributed by atoms with Crippen molar-refractivity contribution >= 4 is 5.96 Å². The predicted octanol–water partition coefficient (Wildman–Crippen LogP) is 1.63. The number of piperazine rings is 1. The number of nitrogens with one attached hydrogen (secondary N) is 2. The number of hydrogen-bond donors (Lipinski definition) is 2. The molecule has 0 radical (unpaired) electrons. The third kappa shape index (κ3) is 8.88. The molecule has 1 fully saturated rings. The van der Waals surface area contributed by atoms with Crippen molar-refractivity contribution in [2.75, 3.05) is 66.5 Å². The molecule has 0 aromatic heterocycles. The Morgan fingerprint density at radius 3 is 2.24 bits per heavy atom. The van der Waals surface area contributed by atoms with Crippen LogP contribution in [0.5, 0.6) is 0 Å². The van der Waals surface area contributed by atoms with Gasteiger partial charge in [-0.05, 0) is 31.3 Å². The summed E-state index contributed by atoms with van der Waals surface area (Å²) in [5, 5.41) is 6.79. The number of aliphatic imine (C=N–C) groups is 1. The number of methoxy groups -OCH3 is 1. The minimum atomic E-state index is 0.113. The van der Waals surface area contributed by atoms with Crippen molar-refractivity contribution < 1.29 is 4.74 Å². The molecule has 2 N–H and O–H groups in total. The van der Waals surface area contributed by atoms with E-state index in [-0.39, 0.29) is 11.5 Å². The maximum Gasteiger partial charge on any atom is 0.191 e. The fourth-order valence-electron chi connectivity index (χ4n) is 3.15. The van der Waals surface area contributed by atoms with Gasteiger partial charge >= 0.3 is 0 Å². The van der Waals surface area contributed by atoms with Gasteiger partial charge in [-0.25, -0.2) is 0 Å². The first-order valence-corrected chi connectivity index (χ1v) is 9.82. The molecule has 0 aromatic rings. The van der Waals surface area contributed by atoms with Crippen LogP contribution in [0.3, 0.4) is 0 Å². The zero-order valence-corrected chi connectivity index (χ0v) is 17.4. The fourth-order valence-corrected chi connectivity index (χ4v) is 3.15. The van der Waals surface area contributed by atoms with Crippen LogP contribution in [0.1, 0.15) is 40.5 Å². The lowest BCUT2D eigenvalue weighted by molar-refractivity contribution is 0.0205. The van der Waals surface area contributed by atoms with E-state index in [2.05, 4.69) is 53.1 Å². The summed E-state index contributed by atoms with van der Waals surface area (Å²) >= 11 is 0. The highest BCUT2D eigenvalue weighted by molar-refractivity contribution is 5.79. The van der Waals surface area contributed by atoms with E-state index in [1.807, 2.05) is 7.05 Å². The molecule has 1 aliphatic rings. The van der Waals surface area contributed by atoms with Crippen LogP contribution < -0.4 is 10.6 Å². The molecule has 6 nitrogen and oxygen atoms in total. The number of nitrogens with zero attached hydrogens (tertiary/aromatic N) is 3. The van der Waals surface area contributed by atoms with E-state index < -0.39 is 0 Å². The zero-order chi connectivity index (χ0) is 18.7. The number of unbranched alkanes of at least 4 members (excludes halogenated alkanes) is 1. The molecule has 0 saturated carbocycles. The summed E-state index contributed by atoms with van der Waals surface area (Å²) in [5.41, 5.74) is 0.113. The Morgan fingerprint density at radius 2 is 1.72 bits per heavy atom. The van der Waals surface area contributed by atoms with Crippen molar-refractivity contribution in [2.45, 2.75) is 46.6 Å². The van der Waals surface area contributed by atoms with Crippen molar-refractivity contribution in [3.63, 3.8) is 0 Å². The summed E-state index contributed by atoms with van der Waals surface area (Å²) in [5.74, 6) is 0.864. The van der Waals surface area contributed by atoms with E-state index >= 15 is 0 Å². The molecule has 1 saturated heterocycles. The first-order chi connectivity index (χ1) is 11.9. The molecule has 6 heteroatoms. The van der Waals surface area contributed by atoms with Gasteiger partial charge in [0.15, 0.2) is 5.96 Å². The highest BCUT2D eigenvalue weighted by Crippen LogP contribution is 2.20. The van der Waals surface area contributed by atoms with Gasteiger partial charge in [0.05, 0.1) is 6.10 Å². The van der Waals surface area contributed by atoms with Crippen molar-refractivity contribution in [3.05, 3.63) is 0 Å². The standard InChI is InChI=1S/C19H41N5O/c1-7-23-12-14-24(15-13-23)11-9-8-10-21-18(20-5)22-16-17(25-6)19(2,3)4/h17H,7-16H2,1-6H3,(H2,20,21,22). The molecule has 25 heavy (non-hydrogen) atoms. The first-order valence-electron chi connectivity index (χ1n) is 9.82. The molecule has 1 aliphatic heterocycles. The molecule has 1 atom stereocenters. The summed E-state index contributed by atoms with van der Waals surface area (Å²) in [6, 6.07) is 0. The second-order valence-electron chi connectivity index (χ2n) is 7.95. The Kier molecular flexibility index (Phi) is 10.4. The monoisotopic (exact) mass is 355 g/mol.